The number of alkyl halides is 3. The van der Waals surface area contributed by atoms with E-state index in [1.807, 2.05) is 13.8 Å². The zero-order chi connectivity index (χ0) is 22.8. The van der Waals surface area contributed by atoms with Crippen LogP contribution in [0.1, 0.15) is 39.5 Å². The molecule has 2 heterocycles. The number of fused-ring (bicyclic) bond motifs is 1. The third-order valence-corrected chi connectivity index (χ3v) is 6.17. The molecule has 0 amide bonds. The number of nitrogens with zero attached hydrogens (tertiary/aromatic N) is 2. The highest BCUT2D eigenvalue weighted by Gasteiger charge is 2.54. The van der Waals surface area contributed by atoms with Crippen LogP contribution in [0.4, 0.5) is 13.2 Å². The van der Waals surface area contributed by atoms with E-state index in [-0.39, 0.29) is 37.2 Å². The van der Waals surface area contributed by atoms with E-state index in [1.165, 1.54) is 6.34 Å². The van der Waals surface area contributed by atoms with Crippen LogP contribution in [0, 0.1) is 5.92 Å². The van der Waals surface area contributed by atoms with Gasteiger partial charge >= 0.3 is 6.18 Å². The van der Waals surface area contributed by atoms with Crippen LogP contribution >= 0.6 is 0 Å². The fraction of sp³-hybridized carbons (Fsp3) is 0.667. The van der Waals surface area contributed by atoms with Gasteiger partial charge in [-0.2, -0.15) is 13.2 Å². The van der Waals surface area contributed by atoms with Gasteiger partial charge in [0.05, 0.1) is 29.9 Å². The van der Waals surface area contributed by atoms with Crippen LogP contribution in [0.2, 0.25) is 0 Å². The number of piperidine rings is 1. The molecule has 0 unspecified atom stereocenters. The van der Waals surface area contributed by atoms with Crippen molar-refractivity contribution in [2.24, 2.45) is 16.6 Å². The summed E-state index contributed by atoms with van der Waals surface area (Å²) in [6.07, 6.45) is 1.28. The number of nitrogens with two attached hydrogens (primary N) is 1. The molecule has 0 saturated carbocycles. The summed E-state index contributed by atoms with van der Waals surface area (Å²) in [5.74, 6) is 1.13. The van der Waals surface area contributed by atoms with Crippen molar-refractivity contribution in [3.63, 3.8) is 0 Å². The quantitative estimate of drug-likeness (QED) is 0.286. The van der Waals surface area contributed by atoms with Crippen molar-refractivity contribution < 1.29 is 23.0 Å². The number of hydrogen-bond donors (Lipinski definition) is 4. The summed E-state index contributed by atoms with van der Waals surface area (Å²) in [5, 5.41) is 9.89. The molecule has 0 aromatic carbocycles. The first-order valence-corrected chi connectivity index (χ1v) is 10.6. The fourth-order valence-corrected chi connectivity index (χ4v) is 4.41. The van der Waals surface area contributed by atoms with Gasteiger partial charge in [0.25, 0.3) is 0 Å². The maximum atomic E-state index is 13.1. The lowest BCUT2D eigenvalue weighted by atomic mass is 9.83. The molecular weight excluding hydrogens is 411 g/mol. The lowest BCUT2D eigenvalue weighted by molar-refractivity contribution is -0.271. The van der Waals surface area contributed by atoms with Crippen molar-refractivity contribution in [3.05, 3.63) is 35.9 Å². The number of hydrogen-bond acceptors (Lipinski definition) is 6. The first-order chi connectivity index (χ1) is 14.5. The van der Waals surface area contributed by atoms with Crippen molar-refractivity contribution in [1.82, 2.24) is 15.8 Å². The maximum Gasteiger partial charge on any atom is 0.417 e. The van der Waals surface area contributed by atoms with Gasteiger partial charge < -0.3 is 20.5 Å². The topological polar surface area (TPSA) is 95.1 Å². The Morgan fingerprint density at radius 3 is 2.65 bits per heavy atom. The van der Waals surface area contributed by atoms with Gasteiger partial charge in [0, 0.05) is 50.0 Å². The minimum absolute atomic E-state index is 0.0580. The van der Waals surface area contributed by atoms with Crippen molar-refractivity contribution in [2.45, 2.75) is 69.5 Å². The Balaban J connectivity index is 1.71. The van der Waals surface area contributed by atoms with Crippen LogP contribution in [0.15, 0.2) is 40.9 Å². The molecule has 0 aromatic heterocycles. The molecule has 2 fully saturated rings. The number of aliphatic imine (C=N–C) groups is 1. The highest BCUT2D eigenvalue weighted by atomic mass is 19.4. The second-order valence-electron chi connectivity index (χ2n) is 8.67. The summed E-state index contributed by atoms with van der Waals surface area (Å²) in [4.78, 5) is 6.06. The summed E-state index contributed by atoms with van der Waals surface area (Å²) in [7, 11) is 0. The van der Waals surface area contributed by atoms with Gasteiger partial charge in [-0.05, 0) is 32.4 Å². The number of hydrazine groups is 1. The molecule has 2 aliphatic heterocycles. The predicted octanol–water partition coefficient (Wildman–Crippen LogP) is 2.32. The lowest BCUT2D eigenvalue weighted by Crippen LogP contribution is -2.52. The summed E-state index contributed by atoms with van der Waals surface area (Å²) in [5.41, 5.74) is 10.7. The Morgan fingerprint density at radius 2 is 2.06 bits per heavy atom. The second-order valence-corrected chi connectivity index (χ2v) is 8.67. The number of allylic oxidation sites excluding steroid dienone is 2. The smallest absolute Gasteiger partial charge is 0.417 e. The second kappa shape index (κ2) is 9.22. The van der Waals surface area contributed by atoms with Crippen LogP contribution in [0.3, 0.4) is 0 Å². The molecule has 5 N–H and O–H groups in total. The van der Waals surface area contributed by atoms with Gasteiger partial charge in [0.2, 0.25) is 0 Å². The van der Waals surface area contributed by atoms with Gasteiger partial charge in [-0.3, -0.25) is 5.43 Å². The van der Waals surface area contributed by atoms with Crippen molar-refractivity contribution in [2.75, 3.05) is 13.1 Å². The van der Waals surface area contributed by atoms with Crippen molar-refractivity contribution in [1.29, 1.82) is 0 Å². The Labute approximate surface area is 180 Å². The zero-order valence-electron chi connectivity index (χ0n) is 18.0. The van der Waals surface area contributed by atoms with Gasteiger partial charge in [-0.1, -0.05) is 6.58 Å². The molecule has 10 heteroatoms. The third kappa shape index (κ3) is 5.24. The summed E-state index contributed by atoms with van der Waals surface area (Å²) in [6.45, 7) is 8.12. The first-order valence-electron chi connectivity index (χ1n) is 10.6. The molecule has 1 aliphatic carbocycles. The van der Waals surface area contributed by atoms with E-state index in [1.54, 1.807) is 11.0 Å². The summed E-state index contributed by atoms with van der Waals surface area (Å²) >= 11 is 0. The van der Waals surface area contributed by atoms with Crippen molar-refractivity contribution in [3.8, 4) is 0 Å². The van der Waals surface area contributed by atoms with Gasteiger partial charge in [-0.15, -0.1) is 0 Å². The Bertz CT molecular complexity index is 755. The number of rotatable bonds is 6. The Kier molecular flexibility index (Phi) is 7.02. The number of ether oxygens (including phenoxy) is 1. The SMILES string of the molecule is C=C(/C=C(\N=C/N)[C@@H]1NN[C@@H]2CC=C(OC(C)C)C[C@@H]21)N1CCC(O)(C(F)(F)F)CC1. The first kappa shape index (κ1) is 23.6. The number of nitrogens with one attached hydrogen (secondary N) is 2. The van der Waals surface area contributed by atoms with E-state index in [2.05, 4.69) is 28.5 Å². The van der Waals surface area contributed by atoms with E-state index in [0.717, 1.165) is 18.6 Å². The fourth-order valence-electron chi connectivity index (χ4n) is 4.41. The molecule has 3 atom stereocenters. The molecule has 7 nitrogen and oxygen atoms in total. The lowest BCUT2D eigenvalue weighted by Gasteiger charge is -2.40. The molecule has 0 aromatic rings. The van der Waals surface area contributed by atoms with E-state index >= 15 is 0 Å². The molecule has 0 spiro atoms. The van der Waals surface area contributed by atoms with Crippen LogP contribution in [0.5, 0.6) is 0 Å². The summed E-state index contributed by atoms with van der Waals surface area (Å²) < 4.78 is 45.1. The average molecular weight is 444 g/mol. The van der Waals surface area contributed by atoms with E-state index in [9.17, 15) is 18.3 Å². The van der Waals surface area contributed by atoms with Crippen LogP contribution in [-0.4, -0.2) is 59.4 Å². The van der Waals surface area contributed by atoms with Gasteiger partial charge in [-0.25, -0.2) is 10.4 Å². The van der Waals surface area contributed by atoms with Crippen LogP contribution in [0.25, 0.3) is 0 Å². The number of halogens is 3. The van der Waals surface area contributed by atoms with Crippen LogP contribution < -0.4 is 16.6 Å². The molecular formula is C21H32F3N5O2. The monoisotopic (exact) mass is 443 g/mol. The van der Waals surface area contributed by atoms with Gasteiger partial charge in [0.1, 0.15) is 0 Å². The largest absolute Gasteiger partial charge is 0.496 e. The highest BCUT2D eigenvalue weighted by Crippen LogP contribution is 2.39. The molecule has 3 rings (SSSR count). The van der Waals surface area contributed by atoms with Crippen molar-refractivity contribution >= 4 is 6.34 Å². The maximum absolute atomic E-state index is 13.1. The minimum Gasteiger partial charge on any atom is -0.496 e. The molecule has 174 valence electrons. The van der Waals surface area contributed by atoms with Crippen LogP contribution in [-0.2, 0) is 4.74 Å². The normalized spacial score (nSPS) is 29.3. The molecule has 0 radical (unpaired) electrons. The van der Waals surface area contributed by atoms with Gasteiger partial charge in [0.15, 0.2) is 5.60 Å². The Hall–Kier alpha value is -2.04. The minimum atomic E-state index is -4.63. The summed E-state index contributed by atoms with van der Waals surface area (Å²) in [6, 6.07) is 0.0591. The average Bonchev–Trinajstić information content (AvgIpc) is 3.10. The zero-order valence-corrected chi connectivity index (χ0v) is 18.0. The predicted molar refractivity (Wildman–Crippen MR) is 113 cm³/mol. The third-order valence-electron chi connectivity index (χ3n) is 6.17. The molecule has 3 aliphatic rings. The standard InChI is InChI=1S/C21H32F3N5O2/c1-13(2)31-15-4-5-17-16(11-15)19(28-27-17)18(26-12-25)10-14(3)29-8-6-20(30,7-9-29)21(22,23)24/h4,10,12-13,16-17,19,27-28,30H,3,5-9,11H2,1-2H3,(H2,25,26)/b18-10-/t16-,17+,19+/m0/s1. The number of aliphatic hydroxyl groups is 1. The number of likely N-dealkylation sites (tertiary alicyclic amines) is 1. The van der Waals surface area contributed by atoms with E-state index in [4.69, 9.17) is 10.5 Å². The Morgan fingerprint density at radius 1 is 1.39 bits per heavy atom. The van der Waals surface area contributed by atoms with E-state index < -0.39 is 24.6 Å². The molecule has 2 saturated heterocycles. The van der Waals surface area contributed by atoms with E-state index in [0.29, 0.717) is 11.4 Å². The molecule has 0 bridgehead atoms. The highest BCUT2D eigenvalue weighted by molar-refractivity contribution is 5.54. The molecule has 31 heavy (non-hydrogen) atoms.